The first-order valence-electron chi connectivity index (χ1n) is 4.59. The third-order valence-corrected chi connectivity index (χ3v) is 1.88. The van der Waals surface area contributed by atoms with Gasteiger partial charge >= 0.3 is 5.69 Å². The van der Waals surface area contributed by atoms with Gasteiger partial charge in [-0.1, -0.05) is 32.0 Å². The second-order valence-electron chi connectivity index (χ2n) is 2.42. The summed E-state index contributed by atoms with van der Waals surface area (Å²) in [6.45, 7) is 7.55. The van der Waals surface area contributed by atoms with E-state index in [1.165, 1.54) is 19.4 Å². The molecule has 0 aliphatic carbocycles. The van der Waals surface area contributed by atoms with Gasteiger partial charge in [0.05, 0.1) is 12.0 Å². The molecule has 1 heterocycles. The molecule has 0 aliphatic heterocycles. The molecular formula is C10H13ClN2O3. The normalized spacial score (nSPS) is 8.75. The summed E-state index contributed by atoms with van der Waals surface area (Å²) >= 11 is 5.52. The number of halogens is 1. The van der Waals surface area contributed by atoms with Crippen molar-refractivity contribution in [3.05, 3.63) is 39.7 Å². The van der Waals surface area contributed by atoms with Crippen molar-refractivity contribution in [2.45, 2.75) is 13.8 Å². The molecule has 0 unspecified atom stereocenters. The van der Waals surface area contributed by atoms with Crippen LogP contribution < -0.4 is 0 Å². The van der Waals surface area contributed by atoms with Crippen LogP contribution in [0.5, 0.6) is 0 Å². The summed E-state index contributed by atoms with van der Waals surface area (Å²) in [5.41, 5.74) is 0.172. The first-order valence-corrected chi connectivity index (χ1v) is 4.97. The highest BCUT2D eigenvalue weighted by Gasteiger charge is 2.15. The maximum absolute atomic E-state index is 10.5. The Morgan fingerprint density at radius 1 is 1.62 bits per heavy atom. The van der Waals surface area contributed by atoms with Gasteiger partial charge in [-0.25, -0.2) is 4.98 Å². The van der Waals surface area contributed by atoms with Crippen LogP contribution in [0.1, 0.15) is 19.4 Å². The average Bonchev–Trinajstić information content (AvgIpc) is 2.31. The quantitative estimate of drug-likeness (QED) is 0.354. The van der Waals surface area contributed by atoms with Gasteiger partial charge in [-0.05, 0) is 0 Å². The van der Waals surface area contributed by atoms with E-state index in [1.807, 2.05) is 13.8 Å². The highest BCUT2D eigenvalue weighted by Crippen LogP contribution is 2.25. The van der Waals surface area contributed by atoms with Crippen molar-refractivity contribution >= 4 is 23.0 Å². The first-order chi connectivity index (χ1) is 7.56. The fourth-order valence-corrected chi connectivity index (χ4v) is 1.01. The number of methoxy groups -OCH3 is 1. The Morgan fingerprint density at radius 2 is 2.19 bits per heavy atom. The molecule has 1 rings (SSSR count). The van der Waals surface area contributed by atoms with Gasteiger partial charge in [0.1, 0.15) is 5.76 Å². The van der Waals surface area contributed by atoms with Crippen molar-refractivity contribution in [2.75, 3.05) is 7.11 Å². The van der Waals surface area contributed by atoms with Crippen LogP contribution in [0.4, 0.5) is 5.69 Å². The van der Waals surface area contributed by atoms with Crippen LogP contribution in [0.2, 0.25) is 5.15 Å². The topological polar surface area (TPSA) is 65.3 Å². The second kappa shape index (κ2) is 6.79. The standard InChI is InChI=1S/C8H7ClN2O3.C2H6/c1-5(14-2)6-3-7(11(12)13)8(9)10-4-6;1-2/h3-4H,1H2,2H3;1-2H3. The van der Waals surface area contributed by atoms with Crippen LogP contribution in [0, 0.1) is 10.1 Å². The van der Waals surface area contributed by atoms with E-state index >= 15 is 0 Å². The Kier molecular flexibility index (Phi) is 6.10. The molecule has 0 saturated heterocycles. The fraction of sp³-hybridized carbons (Fsp3) is 0.300. The predicted molar refractivity (Wildman–Crippen MR) is 63.3 cm³/mol. The Balaban J connectivity index is 0.00000106. The minimum Gasteiger partial charge on any atom is -0.497 e. The van der Waals surface area contributed by atoms with Crippen LogP contribution >= 0.6 is 11.6 Å². The largest absolute Gasteiger partial charge is 0.497 e. The van der Waals surface area contributed by atoms with Crippen molar-refractivity contribution < 1.29 is 9.66 Å². The van der Waals surface area contributed by atoms with Gasteiger partial charge in [0, 0.05) is 17.8 Å². The van der Waals surface area contributed by atoms with Crippen molar-refractivity contribution in [3.8, 4) is 0 Å². The smallest absolute Gasteiger partial charge is 0.307 e. The molecule has 0 amide bonds. The number of nitro groups is 1. The SMILES string of the molecule is C=C(OC)c1cnc(Cl)c([N+](=O)[O-])c1.CC. The van der Waals surface area contributed by atoms with Crippen LogP contribution in [0.15, 0.2) is 18.8 Å². The Hall–Kier alpha value is -1.62. The van der Waals surface area contributed by atoms with E-state index in [0.29, 0.717) is 11.3 Å². The molecular weight excluding hydrogens is 232 g/mol. The molecule has 88 valence electrons. The average molecular weight is 245 g/mol. The molecule has 0 N–H and O–H groups in total. The molecule has 6 heteroatoms. The molecule has 0 aliphatic rings. The van der Waals surface area contributed by atoms with Gasteiger partial charge in [-0.15, -0.1) is 0 Å². The van der Waals surface area contributed by atoms with E-state index in [0.717, 1.165) is 0 Å². The highest BCUT2D eigenvalue weighted by molar-refractivity contribution is 6.31. The molecule has 1 aromatic heterocycles. The van der Waals surface area contributed by atoms with E-state index in [-0.39, 0.29) is 10.8 Å². The number of rotatable bonds is 3. The minimum absolute atomic E-state index is 0.150. The number of hydrogen-bond donors (Lipinski definition) is 0. The summed E-state index contributed by atoms with van der Waals surface area (Å²) in [4.78, 5) is 13.5. The Morgan fingerprint density at radius 3 is 2.62 bits per heavy atom. The predicted octanol–water partition coefficient (Wildman–Crippen LogP) is 3.29. The van der Waals surface area contributed by atoms with E-state index in [4.69, 9.17) is 16.3 Å². The summed E-state index contributed by atoms with van der Waals surface area (Å²) < 4.78 is 4.81. The van der Waals surface area contributed by atoms with Gasteiger partial charge in [0.2, 0.25) is 5.15 Å². The van der Waals surface area contributed by atoms with E-state index in [1.54, 1.807) is 0 Å². The summed E-state index contributed by atoms with van der Waals surface area (Å²) in [5, 5.41) is 10.3. The number of hydrogen-bond acceptors (Lipinski definition) is 4. The lowest BCUT2D eigenvalue weighted by molar-refractivity contribution is -0.385. The lowest BCUT2D eigenvalue weighted by Gasteiger charge is -2.03. The van der Waals surface area contributed by atoms with Crippen LogP contribution in [0.3, 0.4) is 0 Å². The highest BCUT2D eigenvalue weighted by atomic mass is 35.5. The molecule has 0 radical (unpaired) electrons. The fourth-order valence-electron chi connectivity index (χ4n) is 0.835. The summed E-state index contributed by atoms with van der Waals surface area (Å²) in [6, 6.07) is 1.27. The second-order valence-corrected chi connectivity index (χ2v) is 2.78. The molecule has 16 heavy (non-hydrogen) atoms. The number of nitrogens with zero attached hydrogens (tertiary/aromatic N) is 2. The molecule has 0 spiro atoms. The maximum Gasteiger partial charge on any atom is 0.307 e. The first kappa shape index (κ1) is 14.4. The third kappa shape index (κ3) is 3.51. The van der Waals surface area contributed by atoms with E-state index in [2.05, 4.69) is 11.6 Å². The maximum atomic E-state index is 10.5. The number of ether oxygens (including phenoxy) is 1. The summed E-state index contributed by atoms with van der Waals surface area (Å²) in [7, 11) is 1.42. The third-order valence-electron chi connectivity index (χ3n) is 1.59. The molecule has 0 aromatic carbocycles. The van der Waals surface area contributed by atoms with E-state index < -0.39 is 4.92 Å². The van der Waals surface area contributed by atoms with Gasteiger partial charge in [-0.2, -0.15) is 0 Å². The summed E-state index contributed by atoms with van der Waals surface area (Å²) in [6.07, 6.45) is 1.36. The zero-order valence-electron chi connectivity index (χ0n) is 9.36. The molecule has 5 nitrogen and oxygen atoms in total. The van der Waals surface area contributed by atoms with Crippen LogP contribution in [-0.4, -0.2) is 17.0 Å². The van der Waals surface area contributed by atoms with Gasteiger partial charge < -0.3 is 4.74 Å². The lowest BCUT2D eigenvalue weighted by atomic mass is 10.2. The molecule has 0 bridgehead atoms. The molecule has 0 fully saturated rings. The monoisotopic (exact) mass is 244 g/mol. The molecule has 0 saturated carbocycles. The van der Waals surface area contributed by atoms with Crippen molar-refractivity contribution in [2.24, 2.45) is 0 Å². The van der Waals surface area contributed by atoms with Crippen molar-refractivity contribution in [3.63, 3.8) is 0 Å². The van der Waals surface area contributed by atoms with Crippen LogP contribution in [-0.2, 0) is 4.74 Å². The minimum atomic E-state index is -0.609. The summed E-state index contributed by atoms with van der Waals surface area (Å²) in [5.74, 6) is 0.303. The number of pyridine rings is 1. The Bertz CT molecular complexity index is 394. The molecule has 0 atom stereocenters. The van der Waals surface area contributed by atoms with Gasteiger partial charge in [0.25, 0.3) is 0 Å². The molecule has 1 aromatic rings. The van der Waals surface area contributed by atoms with E-state index in [9.17, 15) is 10.1 Å². The lowest BCUT2D eigenvalue weighted by Crippen LogP contribution is -1.94. The van der Waals surface area contributed by atoms with Crippen molar-refractivity contribution in [1.82, 2.24) is 4.98 Å². The zero-order valence-corrected chi connectivity index (χ0v) is 10.1. The zero-order chi connectivity index (χ0) is 12.7. The Labute approximate surface area is 98.9 Å². The van der Waals surface area contributed by atoms with Gasteiger partial charge in [-0.3, -0.25) is 10.1 Å². The van der Waals surface area contributed by atoms with Gasteiger partial charge in [0.15, 0.2) is 0 Å². The van der Waals surface area contributed by atoms with Crippen molar-refractivity contribution in [1.29, 1.82) is 0 Å². The van der Waals surface area contributed by atoms with Crippen LogP contribution in [0.25, 0.3) is 5.76 Å². The number of aromatic nitrogens is 1.